The molecular formula is C21H18ClFN2O3S. The number of nitrogens with one attached hydrogen (secondary N) is 1. The lowest BCUT2D eigenvalue weighted by Gasteiger charge is -2.20. The van der Waals surface area contributed by atoms with Crippen LogP contribution in [-0.4, -0.2) is 21.4 Å². The quantitative estimate of drug-likeness (QED) is 0.625. The first-order valence-electron chi connectivity index (χ1n) is 8.61. The maximum absolute atomic E-state index is 14.0. The van der Waals surface area contributed by atoms with Crippen LogP contribution in [0.5, 0.6) is 0 Å². The zero-order valence-corrected chi connectivity index (χ0v) is 17.3. The molecule has 0 radical (unpaired) electrons. The number of halogens is 2. The van der Waals surface area contributed by atoms with E-state index in [9.17, 15) is 17.6 Å². The molecule has 0 fully saturated rings. The van der Waals surface area contributed by atoms with Gasteiger partial charge >= 0.3 is 0 Å². The topological polar surface area (TPSA) is 66.5 Å². The van der Waals surface area contributed by atoms with Gasteiger partial charge in [-0.3, -0.25) is 9.10 Å². The first-order valence-corrected chi connectivity index (χ1v) is 10.4. The fraction of sp³-hybridized carbons (Fsp3) is 0.0952. The second-order valence-electron chi connectivity index (χ2n) is 6.39. The number of hydrogen-bond donors (Lipinski definition) is 1. The van der Waals surface area contributed by atoms with Gasteiger partial charge in [-0.25, -0.2) is 12.8 Å². The van der Waals surface area contributed by atoms with Gasteiger partial charge in [0.25, 0.3) is 15.9 Å². The Morgan fingerprint density at radius 2 is 1.69 bits per heavy atom. The molecule has 0 heterocycles. The molecule has 3 aromatic rings. The van der Waals surface area contributed by atoms with Gasteiger partial charge in [-0.2, -0.15) is 0 Å². The van der Waals surface area contributed by atoms with Gasteiger partial charge in [0.15, 0.2) is 5.82 Å². The smallest absolute Gasteiger partial charge is 0.264 e. The maximum Gasteiger partial charge on any atom is 0.264 e. The van der Waals surface area contributed by atoms with Crippen LogP contribution in [0.3, 0.4) is 0 Å². The van der Waals surface area contributed by atoms with Crippen LogP contribution in [0.15, 0.2) is 71.6 Å². The number of sulfonamides is 1. The Morgan fingerprint density at radius 3 is 2.38 bits per heavy atom. The summed E-state index contributed by atoms with van der Waals surface area (Å²) in [5, 5.41) is 2.28. The first-order chi connectivity index (χ1) is 13.7. The van der Waals surface area contributed by atoms with E-state index in [1.54, 1.807) is 12.1 Å². The van der Waals surface area contributed by atoms with Crippen molar-refractivity contribution in [3.8, 4) is 0 Å². The summed E-state index contributed by atoms with van der Waals surface area (Å²) in [6.45, 7) is 1.91. The van der Waals surface area contributed by atoms with Crippen LogP contribution < -0.4 is 9.62 Å². The minimum Gasteiger partial charge on any atom is -0.319 e. The molecular weight excluding hydrogens is 415 g/mol. The number of carbonyl (C=O) groups excluding carboxylic acids is 1. The molecule has 8 heteroatoms. The van der Waals surface area contributed by atoms with Crippen molar-refractivity contribution in [2.24, 2.45) is 0 Å². The lowest BCUT2D eigenvalue weighted by atomic mass is 10.2. The Bertz CT molecular complexity index is 1160. The lowest BCUT2D eigenvalue weighted by Crippen LogP contribution is -2.26. The third kappa shape index (κ3) is 4.41. The van der Waals surface area contributed by atoms with Crippen molar-refractivity contribution in [1.29, 1.82) is 0 Å². The zero-order chi connectivity index (χ0) is 21.2. The molecule has 0 saturated heterocycles. The van der Waals surface area contributed by atoms with Crippen molar-refractivity contribution in [1.82, 2.24) is 0 Å². The van der Waals surface area contributed by atoms with E-state index >= 15 is 0 Å². The SMILES string of the molecule is Cc1ccc(N(C)S(=O)(=O)c2cccc(C(=O)Nc3cccc(Cl)c3F)c2)cc1. The minimum atomic E-state index is -3.89. The molecule has 0 aliphatic carbocycles. The third-order valence-corrected chi connectivity index (χ3v) is 6.43. The van der Waals surface area contributed by atoms with E-state index in [0.29, 0.717) is 5.69 Å². The average Bonchev–Trinajstić information content (AvgIpc) is 2.71. The Hall–Kier alpha value is -2.90. The lowest BCUT2D eigenvalue weighted by molar-refractivity contribution is 0.102. The van der Waals surface area contributed by atoms with E-state index in [-0.39, 0.29) is 21.2 Å². The summed E-state index contributed by atoms with van der Waals surface area (Å²) >= 11 is 5.72. The van der Waals surface area contributed by atoms with Gasteiger partial charge in [0, 0.05) is 12.6 Å². The molecule has 5 nitrogen and oxygen atoms in total. The summed E-state index contributed by atoms with van der Waals surface area (Å²) in [5.74, 6) is -1.41. The maximum atomic E-state index is 14.0. The predicted molar refractivity (Wildman–Crippen MR) is 113 cm³/mol. The molecule has 0 atom stereocenters. The number of rotatable bonds is 5. The van der Waals surface area contributed by atoms with Gasteiger partial charge in [-0.1, -0.05) is 41.4 Å². The van der Waals surface area contributed by atoms with Crippen LogP contribution in [0.25, 0.3) is 0 Å². The number of benzene rings is 3. The predicted octanol–water partition coefficient (Wildman–Crippen LogP) is 4.86. The highest BCUT2D eigenvalue weighted by atomic mass is 35.5. The molecule has 150 valence electrons. The van der Waals surface area contributed by atoms with Gasteiger partial charge in [0.1, 0.15) is 0 Å². The average molecular weight is 433 g/mol. The van der Waals surface area contributed by atoms with Crippen molar-refractivity contribution in [3.05, 3.63) is 88.7 Å². The molecule has 3 rings (SSSR count). The van der Waals surface area contributed by atoms with Crippen molar-refractivity contribution in [2.75, 3.05) is 16.7 Å². The highest BCUT2D eigenvalue weighted by Gasteiger charge is 2.22. The highest BCUT2D eigenvalue weighted by molar-refractivity contribution is 7.92. The molecule has 0 aromatic heterocycles. The molecule has 0 bridgehead atoms. The normalized spacial score (nSPS) is 11.2. The highest BCUT2D eigenvalue weighted by Crippen LogP contribution is 2.25. The zero-order valence-electron chi connectivity index (χ0n) is 15.7. The standard InChI is InChI=1S/C21H18ClFN2O3S/c1-14-9-11-16(12-10-14)25(2)29(27,28)17-6-3-5-15(13-17)21(26)24-19-8-4-7-18(22)20(19)23/h3-13H,1-2H3,(H,24,26). The van der Waals surface area contributed by atoms with Gasteiger partial charge in [-0.15, -0.1) is 0 Å². The summed E-state index contributed by atoms with van der Waals surface area (Å²) in [4.78, 5) is 12.4. The number of amides is 1. The second-order valence-corrected chi connectivity index (χ2v) is 8.77. The molecule has 0 unspecified atom stereocenters. The van der Waals surface area contributed by atoms with E-state index in [2.05, 4.69) is 5.32 Å². The molecule has 0 aliphatic rings. The van der Waals surface area contributed by atoms with Gasteiger partial charge < -0.3 is 5.32 Å². The van der Waals surface area contributed by atoms with E-state index in [4.69, 9.17) is 11.6 Å². The molecule has 1 N–H and O–H groups in total. The van der Waals surface area contributed by atoms with Gasteiger partial charge in [-0.05, 0) is 49.4 Å². The summed E-state index contributed by atoms with van der Waals surface area (Å²) in [6, 6.07) is 16.8. The van der Waals surface area contributed by atoms with Crippen molar-refractivity contribution < 1.29 is 17.6 Å². The Morgan fingerprint density at radius 1 is 1.03 bits per heavy atom. The van der Waals surface area contributed by atoms with Crippen LogP contribution in [0.1, 0.15) is 15.9 Å². The summed E-state index contributed by atoms with van der Waals surface area (Å²) in [6.07, 6.45) is 0. The Balaban J connectivity index is 1.89. The molecule has 3 aromatic carbocycles. The molecule has 0 saturated carbocycles. The summed E-state index contributed by atoms with van der Waals surface area (Å²) in [5.41, 5.74) is 1.48. The number of anilines is 2. The van der Waals surface area contributed by atoms with Gasteiger partial charge in [0.2, 0.25) is 0 Å². The molecule has 1 amide bonds. The fourth-order valence-corrected chi connectivity index (χ4v) is 4.06. The Kier molecular flexibility index (Phi) is 5.91. The fourth-order valence-electron chi connectivity index (χ4n) is 2.64. The number of carbonyl (C=O) groups is 1. The largest absolute Gasteiger partial charge is 0.319 e. The van der Waals surface area contributed by atoms with Crippen LogP contribution in [0.2, 0.25) is 5.02 Å². The van der Waals surface area contributed by atoms with E-state index in [0.717, 1.165) is 9.87 Å². The van der Waals surface area contributed by atoms with Crippen LogP contribution >= 0.6 is 11.6 Å². The summed E-state index contributed by atoms with van der Waals surface area (Å²) < 4.78 is 41.1. The first kappa shape index (κ1) is 20.8. The minimum absolute atomic E-state index is 0.0557. The van der Waals surface area contributed by atoms with Crippen molar-refractivity contribution in [2.45, 2.75) is 11.8 Å². The monoisotopic (exact) mass is 432 g/mol. The van der Waals surface area contributed by atoms with Gasteiger partial charge in [0.05, 0.1) is 21.3 Å². The molecule has 0 aliphatic heterocycles. The summed E-state index contributed by atoms with van der Waals surface area (Å²) in [7, 11) is -2.45. The number of hydrogen-bond acceptors (Lipinski definition) is 3. The molecule has 0 spiro atoms. The third-order valence-electron chi connectivity index (χ3n) is 4.35. The Labute approximate surface area is 173 Å². The van der Waals surface area contributed by atoms with E-state index in [1.807, 2.05) is 19.1 Å². The van der Waals surface area contributed by atoms with E-state index < -0.39 is 21.7 Å². The second kappa shape index (κ2) is 8.23. The van der Waals surface area contributed by atoms with Crippen LogP contribution in [-0.2, 0) is 10.0 Å². The van der Waals surface area contributed by atoms with E-state index in [1.165, 1.54) is 49.5 Å². The molecule has 29 heavy (non-hydrogen) atoms. The van der Waals surface area contributed by atoms with Crippen LogP contribution in [0, 0.1) is 12.7 Å². The van der Waals surface area contributed by atoms with Crippen molar-refractivity contribution in [3.63, 3.8) is 0 Å². The van der Waals surface area contributed by atoms with Crippen LogP contribution in [0.4, 0.5) is 15.8 Å². The number of nitrogens with zero attached hydrogens (tertiary/aromatic N) is 1. The number of aryl methyl sites for hydroxylation is 1. The van der Waals surface area contributed by atoms with Crippen molar-refractivity contribution >= 4 is 38.9 Å².